The molecule has 0 amide bonds. The Morgan fingerprint density at radius 1 is 0.824 bits per heavy atom. The molecule has 0 unspecified atom stereocenters. The maximum Gasteiger partial charge on any atom is 0.243 e. The second-order valence-electron chi connectivity index (χ2n) is 7.99. The fourth-order valence-corrected chi connectivity index (χ4v) is 5.36. The third kappa shape index (κ3) is 5.08. The molecule has 0 N–H and O–H groups in total. The van der Waals surface area contributed by atoms with Crippen LogP contribution in [0.3, 0.4) is 0 Å². The van der Waals surface area contributed by atoms with E-state index in [-0.39, 0.29) is 24.8 Å². The second-order valence-corrected chi connectivity index (χ2v) is 9.92. The number of benzene rings is 3. The molecule has 7 nitrogen and oxygen atoms in total. The van der Waals surface area contributed by atoms with Gasteiger partial charge in [0.1, 0.15) is 6.29 Å². The molecule has 3 aromatic carbocycles. The first-order valence-electron chi connectivity index (χ1n) is 11.2. The zero-order chi connectivity index (χ0) is 24.1. The molecule has 3 aromatic rings. The van der Waals surface area contributed by atoms with E-state index in [0.29, 0.717) is 23.3 Å². The highest BCUT2D eigenvalue weighted by Crippen LogP contribution is 2.33. The van der Waals surface area contributed by atoms with E-state index in [0.717, 1.165) is 29.9 Å². The number of carbonyl (C=O) groups excluding carboxylic acids is 1. The number of aldehydes is 1. The molecule has 1 aliphatic heterocycles. The predicted octanol–water partition coefficient (Wildman–Crippen LogP) is 4.47. The van der Waals surface area contributed by atoms with Gasteiger partial charge in [-0.2, -0.15) is 4.31 Å². The van der Waals surface area contributed by atoms with E-state index in [1.165, 1.54) is 28.6 Å². The lowest BCUT2D eigenvalue weighted by Crippen LogP contribution is -2.30. The highest BCUT2D eigenvalue weighted by Gasteiger charge is 2.26. The van der Waals surface area contributed by atoms with Crippen LogP contribution in [0.1, 0.15) is 35.3 Å². The van der Waals surface area contributed by atoms with Crippen LogP contribution in [-0.2, 0) is 23.1 Å². The summed E-state index contributed by atoms with van der Waals surface area (Å²) in [4.78, 5) is 13.4. The van der Waals surface area contributed by atoms with Gasteiger partial charge in [0.05, 0.1) is 4.90 Å². The summed E-state index contributed by atoms with van der Waals surface area (Å²) in [5.74, 6) is 1.25. The number of hydrogen-bond acceptors (Lipinski definition) is 6. The van der Waals surface area contributed by atoms with Gasteiger partial charge >= 0.3 is 0 Å². The lowest BCUT2D eigenvalue weighted by molar-refractivity contribution is 0.112. The first-order chi connectivity index (χ1) is 16.4. The van der Waals surface area contributed by atoms with Crippen LogP contribution >= 0.6 is 0 Å². The van der Waals surface area contributed by atoms with Gasteiger partial charge in [-0.1, -0.05) is 30.3 Å². The van der Waals surface area contributed by atoms with E-state index >= 15 is 0 Å². The van der Waals surface area contributed by atoms with Crippen LogP contribution in [0.5, 0.6) is 11.5 Å². The molecule has 0 atom stereocenters. The van der Waals surface area contributed by atoms with Gasteiger partial charge in [0.15, 0.2) is 11.5 Å². The van der Waals surface area contributed by atoms with Crippen LogP contribution in [0.4, 0.5) is 5.69 Å². The molecule has 34 heavy (non-hydrogen) atoms. The normalized spacial score (nSPS) is 12.7. The van der Waals surface area contributed by atoms with E-state index in [1.54, 1.807) is 6.07 Å². The van der Waals surface area contributed by atoms with Crippen molar-refractivity contribution in [1.82, 2.24) is 4.31 Å². The molecule has 0 fully saturated rings. The maximum atomic E-state index is 13.6. The lowest BCUT2D eigenvalue weighted by atomic mass is 10.1. The summed E-state index contributed by atoms with van der Waals surface area (Å²) in [6.07, 6.45) is 0.693. The first kappa shape index (κ1) is 23.8. The Balaban J connectivity index is 1.65. The standard InChI is InChI=1S/C26H28N2O5S/c1-3-27(4-2)23-10-5-20(6-11-23)16-28(17-22-9-14-25-26(15-22)33-19-32-25)34(30,31)24-12-7-21(18-29)8-13-24/h5-15,18H,3-4,16-17,19H2,1-2H3. The fourth-order valence-electron chi connectivity index (χ4n) is 3.94. The van der Waals surface area contributed by atoms with E-state index < -0.39 is 10.0 Å². The van der Waals surface area contributed by atoms with Gasteiger partial charge in [-0.3, -0.25) is 4.79 Å². The number of sulfonamides is 1. The summed E-state index contributed by atoms with van der Waals surface area (Å²) in [5, 5.41) is 0. The molecule has 0 radical (unpaired) electrons. The average molecular weight is 481 g/mol. The largest absolute Gasteiger partial charge is 0.454 e. The lowest BCUT2D eigenvalue weighted by Gasteiger charge is -2.24. The molecule has 0 bridgehead atoms. The molecule has 178 valence electrons. The number of hydrogen-bond donors (Lipinski definition) is 0. The summed E-state index contributed by atoms with van der Waals surface area (Å²) >= 11 is 0. The Labute approximate surface area is 200 Å². The van der Waals surface area contributed by atoms with Crippen LogP contribution in [-0.4, -0.2) is 38.9 Å². The summed E-state index contributed by atoms with van der Waals surface area (Å²) in [6, 6.07) is 19.4. The van der Waals surface area contributed by atoms with Gasteiger partial charge < -0.3 is 14.4 Å². The Hall–Kier alpha value is -3.36. The zero-order valence-electron chi connectivity index (χ0n) is 19.3. The Bertz CT molecular complexity index is 1240. The van der Waals surface area contributed by atoms with Gasteiger partial charge in [0.25, 0.3) is 0 Å². The number of carbonyl (C=O) groups is 1. The van der Waals surface area contributed by atoms with Crippen molar-refractivity contribution in [2.45, 2.75) is 31.8 Å². The Morgan fingerprint density at radius 3 is 2.09 bits per heavy atom. The molecule has 0 saturated heterocycles. The molecule has 0 aliphatic carbocycles. The molecule has 0 saturated carbocycles. The molecule has 0 aromatic heterocycles. The smallest absolute Gasteiger partial charge is 0.243 e. The molecule has 4 rings (SSSR count). The second kappa shape index (κ2) is 10.3. The minimum absolute atomic E-state index is 0.138. The van der Waals surface area contributed by atoms with Crippen molar-refractivity contribution in [1.29, 1.82) is 0 Å². The molecule has 8 heteroatoms. The summed E-state index contributed by atoms with van der Waals surface area (Å²) < 4.78 is 39.5. The maximum absolute atomic E-state index is 13.6. The third-order valence-electron chi connectivity index (χ3n) is 5.87. The number of anilines is 1. The van der Waals surface area contributed by atoms with Crippen LogP contribution in [0.25, 0.3) is 0 Å². The molecule has 1 aliphatic rings. The van der Waals surface area contributed by atoms with Crippen molar-refractivity contribution in [3.63, 3.8) is 0 Å². The van der Waals surface area contributed by atoms with Crippen LogP contribution in [0.2, 0.25) is 0 Å². The summed E-state index contributed by atoms with van der Waals surface area (Å²) in [5.41, 5.74) is 3.19. The van der Waals surface area contributed by atoms with Crippen LogP contribution in [0, 0.1) is 0 Å². The monoisotopic (exact) mass is 480 g/mol. The van der Waals surface area contributed by atoms with E-state index in [2.05, 4.69) is 18.7 Å². The quantitative estimate of drug-likeness (QED) is 0.399. The minimum atomic E-state index is -3.84. The topological polar surface area (TPSA) is 76.2 Å². The number of ether oxygens (including phenoxy) is 2. The van der Waals surface area contributed by atoms with Crippen molar-refractivity contribution in [2.24, 2.45) is 0 Å². The predicted molar refractivity (Wildman–Crippen MR) is 131 cm³/mol. The van der Waals surface area contributed by atoms with E-state index in [1.807, 2.05) is 36.4 Å². The van der Waals surface area contributed by atoms with Crippen molar-refractivity contribution >= 4 is 22.0 Å². The van der Waals surface area contributed by atoms with Gasteiger partial charge in [-0.25, -0.2) is 8.42 Å². The summed E-state index contributed by atoms with van der Waals surface area (Å²) in [7, 11) is -3.84. The van der Waals surface area contributed by atoms with Crippen LogP contribution < -0.4 is 14.4 Å². The summed E-state index contributed by atoms with van der Waals surface area (Å²) in [6.45, 7) is 6.52. The number of nitrogens with zero attached hydrogens (tertiary/aromatic N) is 2. The van der Waals surface area contributed by atoms with Crippen molar-refractivity contribution < 1.29 is 22.7 Å². The van der Waals surface area contributed by atoms with Gasteiger partial charge in [-0.15, -0.1) is 0 Å². The third-order valence-corrected chi connectivity index (χ3v) is 7.68. The van der Waals surface area contributed by atoms with Gasteiger partial charge in [-0.05, 0) is 61.4 Å². The number of fused-ring (bicyclic) bond motifs is 1. The number of rotatable bonds is 10. The van der Waals surface area contributed by atoms with Gasteiger partial charge in [0, 0.05) is 37.4 Å². The molecular formula is C26H28N2O5S. The average Bonchev–Trinajstić information content (AvgIpc) is 3.33. The minimum Gasteiger partial charge on any atom is -0.454 e. The van der Waals surface area contributed by atoms with E-state index in [4.69, 9.17) is 9.47 Å². The highest BCUT2D eigenvalue weighted by molar-refractivity contribution is 7.89. The van der Waals surface area contributed by atoms with Crippen molar-refractivity contribution in [3.8, 4) is 11.5 Å². The van der Waals surface area contributed by atoms with E-state index in [9.17, 15) is 13.2 Å². The molecule has 1 heterocycles. The molecule has 0 spiro atoms. The van der Waals surface area contributed by atoms with Gasteiger partial charge in [0.2, 0.25) is 16.8 Å². The van der Waals surface area contributed by atoms with Crippen LogP contribution in [0.15, 0.2) is 71.6 Å². The molecular weight excluding hydrogens is 452 g/mol. The SMILES string of the molecule is CCN(CC)c1ccc(CN(Cc2ccc3c(c2)OCO3)S(=O)(=O)c2ccc(C=O)cc2)cc1. The first-order valence-corrected chi connectivity index (χ1v) is 12.7. The van der Waals surface area contributed by atoms with Crippen molar-refractivity contribution in [3.05, 3.63) is 83.4 Å². The highest BCUT2D eigenvalue weighted by atomic mass is 32.2. The fraction of sp³-hybridized carbons (Fsp3) is 0.269. The Morgan fingerprint density at radius 2 is 1.44 bits per heavy atom. The zero-order valence-corrected chi connectivity index (χ0v) is 20.1. The Kier molecular flexibility index (Phi) is 7.19. The van der Waals surface area contributed by atoms with Crippen molar-refractivity contribution in [2.75, 3.05) is 24.8 Å².